The fourth-order valence-corrected chi connectivity index (χ4v) is 2.45. The Hall–Kier alpha value is -2.28. The van der Waals surface area contributed by atoms with E-state index < -0.39 is 0 Å². The average Bonchev–Trinajstić information content (AvgIpc) is 2.96. The maximum atomic E-state index is 11.9. The summed E-state index contributed by atoms with van der Waals surface area (Å²) in [6.45, 7) is 5.73. The first-order valence-electron chi connectivity index (χ1n) is 6.90. The molecule has 1 amide bonds. The molecule has 0 aliphatic rings. The Morgan fingerprint density at radius 1 is 1.32 bits per heavy atom. The Balaban J connectivity index is 1.88. The quantitative estimate of drug-likeness (QED) is 0.605. The van der Waals surface area contributed by atoms with Crippen molar-refractivity contribution in [2.75, 3.05) is 0 Å². The van der Waals surface area contributed by atoms with Gasteiger partial charge in [-0.15, -0.1) is 10.2 Å². The lowest BCUT2D eigenvalue weighted by Crippen LogP contribution is -2.36. The molecule has 0 atom stereocenters. The topological polar surface area (TPSA) is 71.8 Å². The molecule has 1 heterocycles. The molecule has 2 aromatic rings. The first kappa shape index (κ1) is 16.1. The van der Waals surface area contributed by atoms with Gasteiger partial charge in [0.05, 0.1) is 0 Å². The fraction of sp³-hybridized carbons (Fsp3) is 0.267. The Morgan fingerprint density at radius 2 is 2.05 bits per heavy atom. The molecule has 0 spiro atoms. The minimum atomic E-state index is -0.179. The zero-order chi connectivity index (χ0) is 15.9. The molecule has 116 valence electrons. The fourth-order valence-electron chi connectivity index (χ4n) is 1.61. The molecule has 0 aliphatic heterocycles. The number of hydrogen-bond donors (Lipinski definition) is 2. The van der Waals surface area contributed by atoms with Crippen molar-refractivity contribution in [1.82, 2.24) is 25.6 Å². The van der Waals surface area contributed by atoms with E-state index in [-0.39, 0.29) is 5.91 Å². The summed E-state index contributed by atoms with van der Waals surface area (Å²) in [5.41, 5.74) is 7.88. The second kappa shape index (κ2) is 7.65. The summed E-state index contributed by atoms with van der Waals surface area (Å²) in [6, 6.07) is 7.48. The van der Waals surface area contributed by atoms with Crippen LogP contribution in [0.15, 0.2) is 48.0 Å². The van der Waals surface area contributed by atoms with Gasteiger partial charge in [0.25, 0.3) is 5.91 Å². The molecule has 0 saturated carbocycles. The van der Waals surface area contributed by atoms with Gasteiger partial charge in [0.2, 0.25) is 0 Å². The number of carbonyl (C=O) groups is 1. The average molecular weight is 317 g/mol. The Kier molecular flexibility index (Phi) is 5.60. The minimum Gasteiger partial charge on any atom is -0.312 e. The van der Waals surface area contributed by atoms with Crippen molar-refractivity contribution in [3.63, 3.8) is 0 Å². The van der Waals surface area contributed by atoms with E-state index in [4.69, 9.17) is 0 Å². The molecule has 0 fully saturated rings. The monoisotopic (exact) mass is 317 g/mol. The van der Waals surface area contributed by atoms with Gasteiger partial charge in [-0.2, -0.15) is 0 Å². The van der Waals surface area contributed by atoms with Crippen molar-refractivity contribution in [3.8, 4) is 0 Å². The highest BCUT2D eigenvalue weighted by Gasteiger charge is 2.06. The summed E-state index contributed by atoms with van der Waals surface area (Å²) in [7, 11) is 1.91. The summed E-state index contributed by atoms with van der Waals surface area (Å²) in [5.74, 6) is 0.598. The molecular weight excluding hydrogens is 298 g/mol. The second-order valence-electron chi connectivity index (χ2n) is 4.75. The van der Waals surface area contributed by atoms with Gasteiger partial charge in [-0.05, 0) is 24.1 Å². The van der Waals surface area contributed by atoms with Gasteiger partial charge < -0.3 is 9.99 Å². The van der Waals surface area contributed by atoms with Crippen LogP contribution >= 0.6 is 11.8 Å². The molecule has 22 heavy (non-hydrogen) atoms. The number of rotatable bonds is 7. The second-order valence-corrected chi connectivity index (χ2v) is 5.69. The van der Waals surface area contributed by atoms with Gasteiger partial charge >= 0.3 is 0 Å². The van der Waals surface area contributed by atoms with Crippen molar-refractivity contribution in [3.05, 3.63) is 54.0 Å². The lowest BCUT2D eigenvalue weighted by Gasteiger charge is -2.09. The van der Waals surface area contributed by atoms with Crippen molar-refractivity contribution >= 4 is 17.7 Å². The zero-order valence-corrected chi connectivity index (χ0v) is 13.5. The van der Waals surface area contributed by atoms with Crippen LogP contribution in [-0.4, -0.2) is 20.7 Å². The van der Waals surface area contributed by atoms with E-state index in [0.29, 0.717) is 5.56 Å². The number of nitrogens with zero attached hydrogens (tertiary/aromatic N) is 3. The van der Waals surface area contributed by atoms with Crippen molar-refractivity contribution < 1.29 is 4.79 Å². The van der Waals surface area contributed by atoms with Crippen LogP contribution in [0.5, 0.6) is 0 Å². The number of nitrogens with one attached hydrogen (secondary N) is 2. The van der Waals surface area contributed by atoms with Crippen LogP contribution in [0.25, 0.3) is 0 Å². The number of benzene rings is 1. The van der Waals surface area contributed by atoms with Crippen LogP contribution in [0.2, 0.25) is 0 Å². The van der Waals surface area contributed by atoms with Gasteiger partial charge in [-0.1, -0.05) is 37.4 Å². The SMILES string of the molecule is C=C(CC)NNC(=O)c1ccc(CSc2nncn2C)cc1. The van der Waals surface area contributed by atoms with Crippen LogP contribution in [0, 0.1) is 0 Å². The largest absolute Gasteiger partial charge is 0.312 e. The zero-order valence-electron chi connectivity index (χ0n) is 12.7. The molecule has 0 bridgehead atoms. The molecule has 2 N–H and O–H groups in total. The summed E-state index contributed by atoms with van der Waals surface area (Å²) in [6.07, 6.45) is 2.44. The predicted octanol–water partition coefficient (Wildman–Crippen LogP) is 2.27. The van der Waals surface area contributed by atoms with E-state index >= 15 is 0 Å². The Bertz CT molecular complexity index is 650. The highest BCUT2D eigenvalue weighted by Crippen LogP contribution is 2.19. The van der Waals surface area contributed by atoms with Gasteiger partial charge in [-0.3, -0.25) is 10.2 Å². The smallest absolute Gasteiger partial charge is 0.269 e. The highest BCUT2D eigenvalue weighted by atomic mass is 32.2. The van der Waals surface area contributed by atoms with Crippen LogP contribution in [-0.2, 0) is 12.8 Å². The molecule has 2 rings (SSSR count). The highest BCUT2D eigenvalue weighted by molar-refractivity contribution is 7.98. The van der Waals surface area contributed by atoms with Gasteiger partial charge in [0, 0.05) is 24.1 Å². The van der Waals surface area contributed by atoms with Crippen LogP contribution in [0.3, 0.4) is 0 Å². The van der Waals surface area contributed by atoms with E-state index in [1.807, 2.05) is 30.7 Å². The standard InChI is InChI=1S/C15H19N5OS/c1-4-11(2)17-18-14(21)13-7-5-12(6-8-13)9-22-15-19-16-10-20(15)3/h5-8,10,17H,2,4,9H2,1,3H3,(H,18,21). The van der Waals surface area contributed by atoms with Crippen LogP contribution in [0.4, 0.5) is 0 Å². The maximum absolute atomic E-state index is 11.9. The van der Waals surface area contributed by atoms with Gasteiger partial charge in [0.15, 0.2) is 5.16 Å². The van der Waals surface area contributed by atoms with Crippen molar-refractivity contribution in [2.45, 2.75) is 24.3 Å². The normalized spacial score (nSPS) is 10.3. The van der Waals surface area contributed by atoms with Gasteiger partial charge in [0.1, 0.15) is 6.33 Å². The molecule has 1 aromatic heterocycles. The van der Waals surface area contributed by atoms with E-state index in [2.05, 4.69) is 27.6 Å². The summed E-state index contributed by atoms with van der Waals surface area (Å²) < 4.78 is 1.87. The van der Waals surface area contributed by atoms with E-state index in [9.17, 15) is 4.79 Å². The number of aryl methyl sites for hydroxylation is 1. The van der Waals surface area contributed by atoms with Crippen molar-refractivity contribution in [2.24, 2.45) is 7.05 Å². The number of hydrazine groups is 1. The van der Waals surface area contributed by atoms with Gasteiger partial charge in [-0.25, -0.2) is 0 Å². The molecule has 7 heteroatoms. The summed E-state index contributed by atoms with van der Waals surface area (Å²) >= 11 is 1.60. The number of thioether (sulfide) groups is 1. The number of hydrogen-bond acceptors (Lipinski definition) is 5. The molecular formula is C15H19N5OS. The lowest BCUT2D eigenvalue weighted by molar-refractivity contribution is 0.0938. The number of allylic oxidation sites excluding steroid dienone is 1. The Morgan fingerprint density at radius 3 is 2.64 bits per heavy atom. The third-order valence-corrected chi connectivity index (χ3v) is 4.14. The Labute approximate surface area is 134 Å². The first-order chi connectivity index (χ1) is 10.6. The number of aromatic nitrogens is 3. The lowest BCUT2D eigenvalue weighted by atomic mass is 10.1. The maximum Gasteiger partial charge on any atom is 0.269 e. The molecule has 0 aliphatic carbocycles. The third-order valence-electron chi connectivity index (χ3n) is 3.03. The summed E-state index contributed by atoms with van der Waals surface area (Å²) in [4.78, 5) is 11.9. The van der Waals surface area contributed by atoms with Crippen molar-refractivity contribution in [1.29, 1.82) is 0 Å². The number of carbonyl (C=O) groups excluding carboxylic acids is 1. The van der Waals surface area contributed by atoms with Crippen LogP contribution < -0.4 is 10.9 Å². The third kappa shape index (κ3) is 4.36. The minimum absolute atomic E-state index is 0.179. The van der Waals surface area contributed by atoms with E-state index in [1.165, 1.54) is 0 Å². The predicted molar refractivity (Wildman–Crippen MR) is 87.0 cm³/mol. The molecule has 6 nitrogen and oxygen atoms in total. The van der Waals surface area contributed by atoms with Crippen LogP contribution in [0.1, 0.15) is 29.3 Å². The molecule has 0 unspecified atom stereocenters. The first-order valence-corrected chi connectivity index (χ1v) is 7.88. The molecule has 0 saturated heterocycles. The van der Waals surface area contributed by atoms with E-state index in [0.717, 1.165) is 28.6 Å². The molecule has 1 aromatic carbocycles. The number of amides is 1. The molecule has 0 radical (unpaired) electrons. The van der Waals surface area contributed by atoms with E-state index in [1.54, 1.807) is 30.2 Å². The summed E-state index contributed by atoms with van der Waals surface area (Å²) in [5, 5.41) is 8.72.